The second-order valence-electron chi connectivity index (χ2n) is 5.44. The highest BCUT2D eigenvalue weighted by atomic mass is 79.9. The van der Waals surface area contributed by atoms with Crippen LogP contribution in [0.3, 0.4) is 0 Å². The third-order valence-corrected chi connectivity index (χ3v) is 7.85. The summed E-state index contributed by atoms with van der Waals surface area (Å²) in [5.74, 6) is 5.41. The summed E-state index contributed by atoms with van der Waals surface area (Å²) in [7, 11) is -1.24. The number of halogens is 1. The normalized spacial score (nSPS) is 35.5. The van der Waals surface area contributed by atoms with Crippen molar-refractivity contribution in [1.82, 2.24) is 0 Å². The first-order chi connectivity index (χ1) is 6.63. The molecule has 1 unspecified atom stereocenters. The third-order valence-electron chi connectivity index (χ3n) is 4.13. The second kappa shape index (κ2) is 4.02. The molecule has 0 saturated heterocycles. The average Bonchev–Trinajstić information content (AvgIpc) is 2.14. The van der Waals surface area contributed by atoms with E-state index in [1.807, 2.05) is 0 Å². The van der Waals surface area contributed by atoms with Crippen LogP contribution in [0.4, 0.5) is 0 Å². The van der Waals surface area contributed by atoms with E-state index in [9.17, 15) is 0 Å². The first-order valence-corrected chi connectivity index (χ1v) is 9.89. The van der Waals surface area contributed by atoms with Crippen LogP contribution in [-0.2, 0) is 0 Å². The molecule has 1 atom stereocenters. The minimum absolute atomic E-state index is 0.851. The lowest BCUT2D eigenvalue weighted by Crippen LogP contribution is -2.45. The Morgan fingerprint density at radius 2 is 2.00 bits per heavy atom. The summed E-state index contributed by atoms with van der Waals surface area (Å²) in [5.41, 5.74) is 4.57. The molecule has 3 fully saturated rings. The highest BCUT2D eigenvalue weighted by molar-refractivity contribution is 9.09. The highest BCUT2D eigenvalue weighted by Gasteiger charge is 2.46. The monoisotopic (exact) mass is 270 g/mol. The van der Waals surface area contributed by atoms with Crippen molar-refractivity contribution in [1.29, 1.82) is 0 Å². The summed E-state index contributed by atoms with van der Waals surface area (Å²) in [6.07, 6.45) is 6.02. The molecule has 0 aliphatic heterocycles. The van der Waals surface area contributed by atoms with E-state index in [1.165, 1.54) is 25.7 Å². The zero-order chi connectivity index (χ0) is 10.2. The number of alkyl halides is 1. The van der Waals surface area contributed by atoms with E-state index in [4.69, 9.17) is 0 Å². The van der Waals surface area contributed by atoms with Crippen molar-refractivity contribution in [2.45, 2.75) is 44.3 Å². The van der Waals surface area contributed by atoms with Gasteiger partial charge in [0, 0.05) is 0 Å². The Morgan fingerprint density at radius 1 is 1.29 bits per heavy atom. The van der Waals surface area contributed by atoms with Crippen LogP contribution in [0.5, 0.6) is 0 Å². The van der Waals surface area contributed by atoms with Crippen molar-refractivity contribution < 1.29 is 0 Å². The third kappa shape index (κ3) is 1.95. The summed E-state index contributed by atoms with van der Waals surface area (Å²) in [5, 5.41) is 0.851. The van der Waals surface area contributed by atoms with Crippen molar-refractivity contribution in [3.63, 3.8) is 0 Å². The molecule has 0 nitrogen and oxygen atoms in total. The molecule has 0 aromatic heterocycles. The molecule has 2 heteroatoms. The maximum absolute atomic E-state index is 3.58. The maximum Gasteiger partial charge on any atom is 0.135 e. The highest BCUT2D eigenvalue weighted by Crippen LogP contribution is 2.55. The van der Waals surface area contributed by atoms with E-state index >= 15 is 0 Å². The molecule has 3 rings (SSSR count). The van der Waals surface area contributed by atoms with Crippen LogP contribution in [0.15, 0.2) is 0 Å². The van der Waals surface area contributed by atoms with Crippen LogP contribution in [0.1, 0.15) is 25.7 Å². The van der Waals surface area contributed by atoms with Crippen molar-refractivity contribution in [3.8, 4) is 11.5 Å². The minimum Gasteiger partial charge on any atom is -0.131 e. The van der Waals surface area contributed by atoms with E-state index in [1.54, 1.807) is 0 Å². The van der Waals surface area contributed by atoms with Crippen LogP contribution >= 0.6 is 15.9 Å². The average molecular weight is 271 g/mol. The van der Waals surface area contributed by atoms with Crippen molar-refractivity contribution in [2.24, 2.45) is 11.8 Å². The second-order valence-corrected chi connectivity index (χ2v) is 10.4. The number of hydrogen-bond donors (Lipinski definition) is 0. The zero-order valence-corrected chi connectivity index (χ0v) is 11.7. The van der Waals surface area contributed by atoms with Crippen LogP contribution in [0.2, 0.25) is 18.6 Å². The van der Waals surface area contributed by atoms with Gasteiger partial charge in [-0.05, 0) is 30.2 Å². The van der Waals surface area contributed by atoms with E-state index in [0.29, 0.717) is 0 Å². The fourth-order valence-corrected chi connectivity index (χ4v) is 6.77. The summed E-state index contributed by atoms with van der Waals surface area (Å²) >= 11 is 3.40. The molecule has 0 radical (unpaired) electrons. The van der Waals surface area contributed by atoms with Gasteiger partial charge in [-0.15, -0.1) is 5.54 Å². The fraction of sp³-hybridized carbons (Fsp3) is 0.833. The largest absolute Gasteiger partial charge is 0.135 e. The lowest BCUT2D eigenvalue weighted by atomic mass is 9.65. The van der Waals surface area contributed by atoms with Crippen molar-refractivity contribution in [3.05, 3.63) is 0 Å². The van der Waals surface area contributed by atoms with Crippen molar-refractivity contribution in [2.75, 3.05) is 5.33 Å². The number of rotatable bonds is 1. The Labute approximate surface area is 97.0 Å². The molecule has 0 spiro atoms. The molecule has 3 aliphatic rings. The van der Waals surface area contributed by atoms with Gasteiger partial charge in [0.15, 0.2) is 0 Å². The molecule has 0 heterocycles. The molecule has 0 aromatic rings. The fourth-order valence-electron chi connectivity index (χ4n) is 3.31. The smallest absolute Gasteiger partial charge is 0.131 e. The SMILES string of the molecule is C[Si](C)(C#CCBr)C1CCC2CC1C2. The molecular weight excluding hydrogens is 252 g/mol. The van der Waals surface area contributed by atoms with E-state index in [0.717, 1.165) is 22.7 Å². The van der Waals surface area contributed by atoms with Gasteiger partial charge in [-0.1, -0.05) is 47.8 Å². The van der Waals surface area contributed by atoms with Crippen molar-refractivity contribution >= 4 is 24.0 Å². The van der Waals surface area contributed by atoms with Gasteiger partial charge in [0.25, 0.3) is 0 Å². The molecule has 2 bridgehead atoms. The van der Waals surface area contributed by atoms with Crippen LogP contribution in [-0.4, -0.2) is 13.4 Å². The minimum atomic E-state index is -1.24. The number of hydrogen-bond acceptors (Lipinski definition) is 0. The predicted octanol–water partition coefficient (Wildman–Crippen LogP) is 3.82. The Kier molecular flexibility index (Phi) is 3.09. The van der Waals surface area contributed by atoms with Gasteiger partial charge in [0.05, 0.1) is 5.33 Å². The molecule has 0 aromatic carbocycles. The lowest BCUT2D eigenvalue weighted by molar-refractivity contribution is 0.113. The van der Waals surface area contributed by atoms with E-state index < -0.39 is 8.07 Å². The zero-order valence-electron chi connectivity index (χ0n) is 9.15. The Morgan fingerprint density at radius 3 is 2.50 bits per heavy atom. The van der Waals surface area contributed by atoms with E-state index in [-0.39, 0.29) is 0 Å². The molecule has 0 N–H and O–H groups in total. The first-order valence-electron chi connectivity index (χ1n) is 5.69. The summed E-state index contributed by atoms with van der Waals surface area (Å²) < 4.78 is 0. The summed E-state index contributed by atoms with van der Waals surface area (Å²) in [6.45, 7) is 4.93. The molecule has 3 aliphatic carbocycles. The van der Waals surface area contributed by atoms with Crippen LogP contribution in [0, 0.1) is 23.3 Å². The van der Waals surface area contributed by atoms with Gasteiger partial charge >= 0.3 is 0 Å². The first kappa shape index (κ1) is 10.8. The molecule has 3 saturated carbocycles. The molecule has 14 heavy (non-hydrogen) atoms. The maximum atomic E-state index is 3.58. The summed E-state index contributed by atoms with van der Waals surface area (Å²) in [4.78, 5) is 0. The standard InChI is InChI=1S/C12H19BrSi/c1-14(2,7-3-6-13)12-5-4-10-8-11(12)9-10/h10-12H,4-6,8-9H2,1-2H3. The molecular formula is C12H19BrSi. The van der Waals surface area contributed by atoms with Gasteiger partial charge in [0.2, 0.25) is 0 Å². The van der Waals surface area contributed by atoms with Gasteiger partial charge in [-0.25, -0.2) is 0 Å². The van der Waals surface area contributed by atoms with E-state index in [2.05, 4.69) is 40.5 Å². The Hall–Kier alpha value is 0.257. The van der Waals surface area contributed by atoms with Gasteiger partial charge < -0.3 is 0 Å². The number of fused-ring (bicyclic) bond motifs is 2. The van der Waals surface area contributed by atoms with Gasteiger partial charge in [0.1, 0.15) is 8.07 Å². The van der Waals surface area contributed by atoms with Crippen LogP contribution in [0.25, 0.3) is 0 Å². The summed E-state index contributed by atoms with van der Waals surface area (Å²) in [6, 6.07) is 0. The quantitative estimate of drug-likeness (QED) is 0.386. The Balaban J connectivity index is 2.04. The van der Waals surface area contributed by atoms with Crippen LogP contribution < -0.4 is 0 Å². The topological polar surface area (TPSA) is 0 Å². The lowest BCUT2D eigenvalue weighted by Gasteiger charge is -2.50. The predicted molar refractivity (Wildman–Crippen MR) is 68.3 cm³/mol. The van der Waals surface area contributed by atoms with Gasteiger partial charge in [-0.2, -0.15) is 0 Å². The Bertz CT molecular complexity index is 265. The molecule has 0 amide bonds. The van der Waals surface area contributed by atoms with Gasteiger partial charge in [-0.3, -0.25) is 0 Å². The molecule has 78 valence electrons.